The first kappa shape index (κ1) is 25.0. The number of rotatable bonds is 3. The summed E-state index contributed by atoms with van der Waals surface area (Å²) < 4.78 is 27.5. The van der Waals surface area contributed by atoms with Gasteiger partial charge >= 0.3 is 11.9 Å². The average Bonchev–Trinajstić information content (AvgIpc) is 3.34. The van der Waals surface area contributed by atoms with E-state index in [1.54, 1.807) is 21.3 Å². The molecule has 0 saturated heterocycles. The van der Waals surface area contributed by atoms with Crippen molar-refractivity contribution in [3.63, 3.8) is 0 Å². The number of carboxylic acids is 2. The van der Waals surface area contributed by atoms with Gasteiger partial charge in [-0.25, -0.2) is 14.0 Å². The van der Waals surface area contributed by atoms with Crippen molar-refractivity contribution in [3.05, 3.63) is 79.6 Å². The molecule has 0 amide bonds. The van der Waals surface area contributed by atoms with Gasteiger partial charge in [-0.1, -0.05) is 0 Å². The summed E-state index contributed by atoms with van der Waals surface area (Å²) in [6.07, 6.45) is 4.22. The summed E-state index contributed by atoms with van der Waals surface area (Å²) in [6, 6.07) is 5.89. The predicted molar refractivity (Wildman–Crippen MR) is 135 cm³/mol. The van der Waals surface area contributed by atoms with E-state index >= 15 is 0 Å². The van der Waals surface area contributed by atoms with Crippen LogP contribution in [0.15, 0.2) is 46.2 Å². The van der Waals surface area contributed by atoms with Crippen LogP contribution in [0.3, 0.4) is 0 Å². The minimum atomic E-state index is -1.28. The second-order valence-corrected chi connectivity index (χ2v) is 9.12. The quantitative estimate of drug-likeness (QED) is 0.415. The van der Waals surface area contributed by atoms with Crippen LogP contribution in [0.4, 0.5) is 4.39 Å². The lowest BCUT2D eigenvalue weighted by Crippen LogP contribution is -2.24. The summed E-state index contributed by atoms with van der Waals surface area (Å²) in [7, 11) is 0. The highest BCUT2D eigenvalue weighted by molar-refractivity contribution is 5.94. The van der Waals surface area contributed by atoms with Crippen LogP contribution in [-0.2, 0) is 13.0 Å². The summed E-state index contributed by atoms with van der Waals surface area (Å²) >= 11 is 0. The molecule has 2 aromatic heterocycles. The van der Waals surface area contributed by atoms with Crippen molar-refractivity contribution in [1.82, 2.24) is 9.13 Å². The maximum Gasteiger partial charge on any atom is 0.341 e. The second kappa shape index (κ2) is 9.33. The molecule has 38 heavy (non-hydrogen) atoms. The summed E-state index contributed by atoms with van der Waals surface area (Å²) in [5.41, 5.74) is 0.393. The van der Waals surface area contributed by atoms with Gasteiger partial charge in [0.25, 0.3) is 0 Å². The van der Waals surface area contributed by atoms with Gasteiger partial charge in [0.05, 0.1) is 16.4 Å². The Labute approximate surface area is 214 Å². The number of halogens is 1. The molecule has 196 valence electrons. The van der Waals surface area contributed by atoms with Crippen LogP contribution < -0.4 is 20.3 Å². The highest BCUT2D eigenvalue weighted by atomic mass is 19.1. The highest BCUT2D eigenvalue weighted by Crippen LogP contribution is 2.35. The van der Waals surface area contributed by atoms with Gasteiger partial charge in [-0.15, -0.1) is 0 Å². The number of ether oxygens (including phenoxy) is 2. The first-order chi connectivity index (χ1) is 18.1. The Bertz CT molecular complexity index is 1770. The van der Waals surface area contributed by atoms with E-state index in [1.165, 1.54) is 18.5 Å². The minimum absolute atomic E-state index is 0.0964. The zero-order chi connectivity index (χ0) is 27.3. The SMILES string of the molecule is CC1CCc2cc(F)cc3c(=O)c(C(=O)O)cn1c23.CCn1cc(C(=O)O)c(=O)c2cc3c(cc21)OCO3. The number of carbonyl (C=O) groups is 2. The largest absolute Gasteiger partial charge is 0.477 e. The molecule has 2 aromatic carbocycles. The second-order valence-electron chi connectivity index (χ2n) is 9.12. The number of benzene rings is 2. The molecule has 1 unspecified atom stereocenters. The van der Waals surface area contributed by atoms with Gasteiger partial charge in [-0.05, 0) is 50.5 Å². The molecule has 2 N–H and O–H groups in total. The van der Waals surface area contributed by atoms with Crippen molar-refractivity contribution in [2.24, 2.45) is 0 Å². The number of fused-ring (bicyclic) bond motifs is 2. The molecule has 2 aliphatic rings. The lowest BCUT2D eigenvalue weighted by atomic mass is 9.96. The summed E-state index contributed by atoms with van der Waals surface area (Å²) in [5, 5.41) is 18.6. The predicted octanol–water partition coefficient (Wildman–Crippen LogP) is 3.79. The summed E-state index contributed by atoms with van der Waals surface area (Å²) in [6.45, 7) is 4.50. The van der Waals surface area contributed by atoms with Crippen LogP contribution in [0.2, 0.25) is 0 Å². The monoisotopic (exact) mass is 522 g/mol. The highest BCUT2D eigenvalue weighted by Gasteiger charge is 2.23. The number of hydrogen-bond donors (Lipinski definition) is 2. The molecule has 11 heteroatoms. The summed E-state index contributed by atoms with van der Waals surface area (Å²) in [4.78, 5) is 46.5. The number of nitrogens with zero attached hydrogens (tertiary/aromatic N) is 2. The van der Waals surface area contributed by atoms with Crippen LogP contribution in [0.25, 0.3) is 21.8 Å². The van der Waals surface area contributed by atoms with E-state index in [1.807, 2.05) is 13.8 Å². The maximum atomic E-state index is 13.6. The van der Waals surface area contributed by atoms with Crippen LogP contribution in [0, 0.1) is 5.82 Å². The third-order valence-electron chi connectivity index (χ3n) is 6.85. The van der Waals surface area contributed by atoms with Crippen molar-refractivity contribution < 1.29 is 33.7 Å². The standard InChI is InChI=1S/C14H12FNO3.C13H11NO5/c1-7-2-3-8-4-9(15)5-10-12(8)16(7)6-11(13(10)17)14(18)19;1-2-14-5-8(13(16)17)12(15)7-3-10-11(4-9(7)14)19-6-18-10/h4-7H,2-3H2,1H3,(H,18,19);3-5H,2,6H2,1H3,(H,16,17). The van der Waals surface area contributed by atoms with Gasteiger partial charge < -0.3 is 28.8 Å². The molecule has 0 radical (unpaired) electrons. The first-order valence-corrected chi connectivity index (χ1v) is 11.9. The number of carboxylic acid groups (broad SMARTS) is 2. The van der Waals surface area contributed by atoms with E-state index in [4.69, 9.17) is 19.7 Å². The smallest absolute Gasteiger partial charge is 0.341 e. The fourth-order valence-corrected chi connectivity index (χ4v) is 4.93. The molecular weight excluding hydrogens is 499 g/mol. The molecular formula is C27H23FN2O8. The van der Waals surface area contributed by atoms with E-state index in [0.29, 0.717) is 40.9 Å². The molecule has 2 aliphatic heterocycles. The molecule has 0 aliphatic carbocycles. The number of aryl methyl sites for hydroxylation is 2. The Morgan fingerprint density at radius 1 is 0.974 bits per heavy atom. The first-order valence-electron chi connectivity index (χ1n) is 11.9. The third kappa shape index (κ3) is 4.05. The lowest BCUT2D eigenvalue weighted by Gasteiger charge is -2.26. The van der Waals surface area contributed by atoms with Crippen LogP contribution in [0.1, 0.15) is 52.6 Å². The van der Waals surface area contributed by atoms with Gasteiger partial charge in [-0.2, -0.15) is 0 Å². The zero-order valence-corrected chi connectivity index (χ0v) is 20.5. The van der Waals surface area contributed by atoms with Gasteiger partial charge in [0.15, 0.2) is 11.5 Å². The van der Waals surface area contributed by atoms with Crippen molar-refractivity contribution in [1.29, 1.82) is 0 Å². The van der Waals surface area contributed by atoms with Gasteiger partial charge in [0, 0.05) is 36.4 Å². The van der Waals surface area contributed by atoms with Crippen LogP contribution >= 0.6 is 0 Å². The van der Waals surface area contributed by atoms with Crippen LogP contribution in [-0.4, -0.2) is 38.1 Å². The van der Waals surface area contributed by atoms with Gasteiger partial charge in [-0.3, -0.25) is 9.59 Å². The van der Waals surface area contributed by atoms with Crippen molar-refractivity contribution in [2.45, 2.75) is 39.3 Å². The average molecular weight is 522 g/mol. The number of aromatic carboxylic acids is 2. The molecule has 4 heterocycles. The minimum Gasteiger partial charge on any atom is -0.477 e. The Hall–Kier alpha value is -4.67. The molecule has 4 aromatic rings. The van der Waals surface area contributed by atoms with Gasteiger partial charge in [0.1, 0.15) is 16.9 Å². The lowest BCUT2D eigenvalue weighted by molar-refractivity contribution is 0.0684. The Morgan fingerprint density at radius 3 is 2.26 bits per heavy atom. The number of pyridine rings is 2. The van der Waals surface area contributed by atoms with E-state index < -0.39 is 28.6 Å². The molecule has 0 bridgehead atoms. The Balaban J connectivity index is 0.000000155. The van der Waals surface area contributed by atoms with Crippen molar-refractivity contribution in [2.75, 3.05) is 6.79 Å². The molecule has 1 atom stereocenters. The van der Waals surface area contributed by atoms with Crippen molar-refractivity contribution >= 4 is 33.7 Å². The van der Waals surface area contributed by atoms with E-state index in [2.05, 4.69) is 0 Å². The van der Waals surface area contributed by atoms with Gasteiger partial charge in [0.2, 0.25) is 17.7 Å². The number of hydrogen-bond acceptors (Lipinski definition) is 6. The van der Waals surface area contributed by atoms with E-state index in [-0.39, 0.29) is 29.3 Å². The Kier molecular flexibility index (Phi) is 6.14. The molecule has 0 spiro atoms. The fraction of sp³-hybridized carbons (Fsp3) is 0.259. The van der Waals surface area contributed by atoms with E-state index in [0.717, 1.165) is 18.1 Å². The third-order valence-corrected chi connectivity index (χ3v) is 6.85. The van der Waals surface area contributed by atoms with E-state index in [9.17, 15) is 23.6 Å². The molecule has 0 fully saturated rings. The summed E-state index contributed by atoms with van der Waals surface area (Å²) in [5.74, 6) is -1.97. The molecule has 0 saturated carbocycles. The van der Waals surface area contributed by atoms with Crippen molar-refractivity contribution in [3.8, 4) is 11.5 Å². The number of aromatic nitrogens is 2. The maximum absolute atomic E-state index is 13.6. The molecule has 10 nitrogen and oxygen atoms in total. The topological polar surface area (TPSA) is 137 Å². The normalized spacial score (nSPS) is 15.3. The Morgan fingerprint density at radius 2 is 1.61 bits per heavy atom. The fourth-order valence-electron chi connectivity index (χ4n) is 4.93. The van der Waals surface area contributed by atoms with Crippen LogP contribution in [0.5, 0.6) is 11.5 Å². The zero-order valence-electron chi connectivity index (χ0n) is 20.5. The molecule has 6 rings (SSSR count).